The molecule has 3 heteroatoms. The highest BCUT2D eigenvalue weighted by molar-refractivity contribution is 9.10. The van der Waals surface area contributed by atoms with Gasteiger partial charge in [-0.15, -0.1) is 0 Å². The number of rotatable bonds is 5. The molecule has 1 heterocycles. The van der Waals surface area contributed by atoms with Gasteiger partial charge >= 0.3 is 0 Å². The largest absolute Gasteiger partial charge is 0.468 e. The summed E-state index contributed by atoms with van der Waals surface area (Å²) in [6.45, 7) is 4.23. The molecule has 0 aliphatic rings. The van der Waals surface area contributed by atoms with Crippen molar-refractivity contribution in [3.8, 4) is 0 Å². The summed E-state index contributed by atoms with van der Waals surface area (Å²) in [7, 11) is 0. The summed E-state index contributed by atoms with van der Waals surface area (Å²) in [6.07, 6.45) is 3.84. The SMILES string of the molecule is CCCNCCc1occc1Br. The average Bonchev–Trinajstić information content (AvgIpc) is 2.46. The Morgan fingerprint density at radius 1 is 1.50 bits per heavy atom. The molecule has 1 N–H and O–H groups in total. The van der Waals surface area contributed by atoms with E-state index in [2.05, 4.69) is 28.2 Å². The van der Waals surface area contributed by atoms with Gasteiger partial charge in [0.25, 0.3) is 0 Å². The van der Waals surface area contributed by atoms with Gasteiger partial charge < -0.3 is 9.73 Å². The molecule has 0 unspecified atom stereocenters. The molecule has 1 aromatic heterocycles. The molecule has 0 amide bonds. The third kappa shape index (κ3) is 2.99. The topological polar surface area (TPSA) is 25.2 Å². The minimum absolute atomic E-state index is 0.952. The Labute approximate surface area is 81.5 Å². The van der Waals surface area contributed by atoms with Gasteiger partial charge in [-0.2, -0.15) is 0 Å². The first-order valence-corrected chi connectivity index (χ1v) is 5.06. The highest BCUT2D eigenvalue weighted by Crippen LogP contribution is 2.17. The summed E-state index contributed by atoms with van der Waals surface area (Å²) in [5.74, 6) is 1.03. The zero-order chi connectivity index (χ0) is 8.81. The van der Waals surface area contributed by atoms with Crippen molar-refractivity contribution < 1.29 is 4.42 Å². The van der Waals surface area contributed by atoms with Gasteiger partial charge in [-0.3, -0.25) is 0 Å². The maximum atomic E-state index is 5.26. The van der Waals surface area contributed by atoms with Crippen LogP contribution in [0.2, 0.25) is 0 Å². The van der Waals surface area contributed by atoms with Crippen LogP contribution in [0.4, 0.5) is 0 Å². The monoisotopic (exact) mass is 231 g/mol. The van der Waals surface area contributed by atoms with Gasteiger partial charge in [-0.25, -0.2) is 0 Å². The molecule has 68 valence electrons. The van der Waals surface area contributed by atoms with Crippen LogP contribution < -0.4 is 5.32 Å². The summed E-state index contributed by atoms with van der Waals surface area (Å²) in [4.78, 5) is 0. The summed E-state index contributed by atoms with van der Waals surface area (Å²) < 4.78 is 6.33. The first-order chi connectivity index (χ1) is 5.84. The number of nitrogens with one attached hydrogen (secondary N) is 1. The normalized spacial score (nSPS) is 10.5. The second-order valence-electron chi connectivity index (χ2n) is 2.69. The van der Waals surface area contributed by atoms with Gasteiger partial charge in [-0.1, -0.05) is 6.92 Å². The van der Waals surface area contributed by atoms with Crippen molar-refractivity contribution in [1.82, 2.24) is 5.32 Å². The third-order valence-electron chi connectivity index (χ3n) is 1.65. The number of halogens is 1. The van der Waals surface area contributed by atoms with Crippen LogP contribution in [0.3, 0.4) is 0 Å². The zero-order valence-electron chi connectivity index (χ0n) is 7.27. The lowest BCUT2D eigenvalue weighted by Gasteiger charge is -2.00. The van der Waals surface area contributed by atoms with E-state index >= 15 is 0 Å². The molecule has 0 spiro atoms. The Hall–Kier alpha value is -0.280. The highest BCUT2D eigenvalue weighted by Gasteiger charge is 2.01. The summed E-state index contributed by atoms with van der Waals surface area (Å²) >= 11 is 3.41. The van der Waals surface area contributed by atoms with Crippen molar-refractivity contribution in [3.63, 3.8) is 0 Å². The van der Waals surface area contributed by atoms with Gasteiger partial charge in [0.1, 0.15) is 5.76 Å². The van der Waals surface area contributed by atoms with Crippen molar-refractivity contribution >= 4 is 15.9 Å². The number of hydrogen-bond acceptors (Lipinski definition) is 2. The molecule has 12 heavy (non-hydrogen) atoms. The zero-order valence-corrected chi connectivity index (χ0v) is 8.86. The van der Waals surface area contributed by atoms with E-state index in [1.54, 1.807) is 6.26 Å². The van der Waals surface area contributed by atoms with Gasteiger partial charge in [0.2, 0.25) is 0 Å². The molecule has 1 aromatic rings. The molecule has 0 fully saturated rings. The highest BCUT2D eigenvalue weighted by atomic mass is 79.9. The minimum Gasteiger partial charge on any atom is -0.468 e. The predicted octanol–water partition coefficient (Wildman–Crippen LogP) is 2.58. The lowest BCUT2D eigenvalue weighted by Crippen LogP contribution is -2.17. The van der Waals surface area contributed by atoms with Crippen LogP contribution in [0.25, 0.3) is 0 Å². The Balaban J connectivity index is 2.20. The van der Waals surface area contributed by atoms with E-state index in [9.17, 15) is 0 Å². The maximum Gasteiger partial charge on any atom is 0.119 e. The maximum absolute atomic E-state index is 5.26. The van der Waals surface area contributed by atoms with Crippen LogP contribution in [0.1, 0.15) is 19.1 Å². The lowest BCUT2D eigenvalue weighted by molar-refractivity contribution is 0.496. The Morgan fingerprint density at radius 3 is 2.92 bits per heavy atom. The molecular weight excluding hydrogens is 218 g/mol. The molecule has 0 saturated heterocycles. The minimum atomic E-state index is 0.952. The van der Waals surface area contributed by atoms with E-state index in [1.807, 2.05) is 6.07 Å². The fraction of sp³-hybridized carbons (Fsp3) is 0.556. The van der Waals surface area contributed by atoms with Crippen LogP contribution in [-0.2, 0) is 6.42 Å². The van der Waals surface area contributed by atoms with Gasteiger partial charge in [0.15, 0.2) is 0 Å². The molecule has 0 atom stereocenters. The van der Waals surface area contributed by atoms with E-state index in [1.165, 1.54) is 6.42 Å². The molecule has 0 saturated carbocycles. The van der Waals surface area contributed by atoms with Crippen LogP contribution in [0, 0.1) is 0 Å². The molecule has 0 radical (unpaired) electrons. The smallest absolute Gasteiger partial charge is 0.119 e. The first kappa shape index (κ1) is 9.81. The van der Waals surface area contributed by atoms with Gasteiger partial charge in [-0.05, 0) is 35.0 Å². The van der Waals surface area contributed by atoms with E-state index < -0.39 is 0 Å². The fourth-order valence-electron chi connectivity index (χ4n) is 1.01. The standard InChI is InChI=1S/C9H14BrNO/c1-2-5-11-6-3-9-8(10)4-7-12-9/h4,7,11H,2-3,5-6H2,1H3. The third-order valence-corrected chi connectivity index (χ3v) is 2.35. The molecule has 0 aromatic carbocycles. The number of furan rings is 1. The molecule has 0 aliphatic heterocycles. The quantitative estimate of drug-likeness (QED) is 0.789. The summed E-state index contributed by atoms with van der Waals surface area (Å²) in [5, 5.41) is 3.32. The van der Waals surface area contributed by atoms with Crippen LogP contribution in [0.5, 0.6) is 0 Å². The Kier molecular flexibility index (Phi) is 4.40. The van der Waals surface area contributed by atoms with Crippen LogP contribution >= 0.6 is 15.9 Å². The molecule has 0 aliphatic carbocycles. The molecular formula is C9H14BrNO. The average molecular weight is 232 g/mol. The van der Waals surface area contributed by atoms with Crippen molar-refractivity contribution in [1.29, 1.82) is 0 Å². The van der Waals surface area contributed by atoms with Crippen molar-refractivity contribution in [2.75, 3.05) is 13.1 Å². The van der Waals surface area contributed by atoms with E-state index in [-0.39, 0.29) is 0 Å². The Morgan fingerprint density at radius 2 is 2.33 bits per heavy atom. The van der Waals surface area contributed by atoms with Crippen molar-refractivity contribution in [3.05, 3.63) is 22.6 Å². The van der Waals surface area contributed by atoms with E-state index in [4.69, 9.17) is 4.42 Å². The van der Waals surface area contributed by atoms with E-state index in [0.29, 0.717) is 0 Å². The number of hydrogen-bond donors (Lipinski definition) is 1. The molecule has 1 rings (SSSR count). The second kappa shape index (κ2) is 5.38. The van der Waals surface area contributed by atoms with Crippen LogP contribution in [0.15, 0.2) is 21.2 Å². The fourth-order valence-corrected chi connectivity index (χ4v) is 1.41. The van der Waals surface area contributed by atoms with Gasteiger partial charge in [0.05, 0.1) is 10.7 Å². The first-order valence-electron chi connectivity index (χ1n) is 4.27. The molecule has 0 bridgehead atoms. The lowest BCUT2D eigenvalue weighted by atomic mass is 10.3. The van der Waals surface area contributed by atoms with Gasteiger partial charge in [0, 0.05) is 13.0 Å². The summed E-state index contributed by atoms with van der Waals surface area (Å²) in [5.41, 5.74) is 0. The second-order valence-corrected chi connectivity index (χ2v) is 3.55. The van der Waals surface area contributed by atoms with Crippen molar-refractivity contribution in [2.45, 2.75) is 19.8 Å². The van der Waals surface area contributed by atoms with Crippen LogP contribution in [-0.4, -0.2) is 13.1 Å². The molecule has 2 nitrogen and oxygen atoms in total. The predicted molar refractivity (Wildman–Crippen MR) is 53.3 cm³/mol. The Bertz CT molecular complexity index is 222. The summed E-state index contributed by atoms with van der Waals surface area (Å²) in [6, 6.07) is 1.93. The van der Waals surface area contributed by atoms with Crippen molar-refractivity contribution in [2.24, 2.45) is 0 Å². The van der Waals surface area contributed by atoms with E-state index in [0.717, 1.165) is 29.7 Å².